The summed E-state index contributed by atoms with van der Waals surface area (Å²) in [6.45, 7) is 7.26. The third-order valence-corrected chi connectivity index (χ3v) is 6.74. The van der Waals surface area contributed by atoms with Gasteiger partial charge in [0, 0.05) is 22.4 Å². The molecule has 5 aromatic carbocycles. The zero-order chi connectivity index (χ0) is 26.9. The maximum atomic E-state index is 7.26. The number of benzene rings is 5. The standard InChI is InChI=1S/C34H21N5O/c1-35-26-19-15-24(16-20-26)33-36-32(23-9-3-2-4-10-23)37-34(38-33)25-17-21-27(22-18-25)39-28-11-5-7-13-30(28)40-31-14-8-6-12-29(31)39/h2-22H. The number of anilines is 3. The average Bonchev–Trinajstić information content (AvgIpc) is 3.04. The van der Waals surface area contributed by atoms with E-state index in [4.69, 9.17) is 26.3 Å². The summed E-state index contributed by atoms with van der Waals surface area (Å²) in [4.78, 5) is 20.1. The summed E-state index contributed by atoms with van der Waals surface area (Å²) >= 11 is 0. The maximum absolute atomic E-state index is 7.26. The van der Waals surface area contributed by atoms with E-state index < -0.39 is 0 Å². The molecule has 0 fully saturated rings. The Hall–Kier alpha value is -5.80. The lowest BCUT2D eigenvalue weighted by Gasteiger charge is -2.32. The third-order valence-electron chi connectivity index (χ3n) is 6.74. The Labute approximate surface area is 231 Å². The Kier molecular flexibility index (Phi) is 5.73. The summed E-state index contributed by atoms with van der Waals surface area (Å²) < 4.78 is 6.16. The van der Waals surface area contributed by atoms with Crippen molar-refractivity contribution in [2.75, 3.05) is 4.90 Å². The lowest BCUT2D eigenvalue weighted by molar-refractivity contribution is 0.477. The van der Waals surface area contributed by atoms with Crippen molar-refractivity contribution >= 4 is 22.7 Å². The quantitative estimate of drug-likeness (QED) is 0.219. The fourth-order valence-corrected chi connectivity index (χ4v) is 4.78. The summed E-state index contributed by atoms with van der Waals surface area (Å²) in [5.41, 5.74) is 6.13. The summed E-state index contributed by atoms with van der Waals surface area (Å²) in [5.74, 6) is 3.34. The van der Waals surface area contributed by atoms with E-state index in [9.17, 15) is 0 Å². The number of aromatic nitrogens is 3. The first-order valence-electron chi connectivity index (χ1n) is 12.8. The van der Waals surface area contributed by atoms with Crippen molar-refractivity contribution in [2.24, 2.45) is 0 Å². The van der Waals surface area contributed by atoms with Crippen molar-refractivity contribution in [2.45, 2.75) is 0 Å². The Bertz CT molecular complexity index is 1830. The van der Waals surface area contributed by atoms with E-state index in [1.807, 2.05) is 91.0 Å². The van der Waals surface area contributed by atoms with Gasteiger partial charge in [-0.2, -0.15) is 0 Å². The Morgan fingerprint density at radius 1 is 0.500 bits per heavy atom. The van der Waals surface area contributed by atoms with E-state index in [-0.39, 0.29) is 0 Å². The number of ether oxygens (including phenoxy) is 1. The van der Waals surface area contributed by atoms with Gasteiger partial charge in [0.2, 0.25) is 0 Å². The molecule has 6 nitrogen and oxygen atoms in total. The molecule has 6 aromatic rings. The zero-order valence-electron chi connectivity index (χ0n) is 21.3. The molecule has 1 aliphatic rings. The smallest absolute Gasteiger partial charge is 0.187 e. The lowest BCUT2D eigenvalue weighted by atomic mass is 10.1. The van der Waals surface area contributed by atoms with Gasteiger partial charge in [0.05, 0.1) is 17.9 Å². The van der Waals surface area contributed by atoms with E-state index in [0.717, 1.165) is 45.3 Å². The summed E-state index contributed by atoms with van der Waals surface area (Å²) in [6, 6.07) is 41.5. The van der Waals surface area contributed by atoms with Crippen LogP contribution in [0.5, 0.6) is 11.5 Å². The number of para-hydroxylation sites is 4. The Morgan fingerprint density at radius 3 is 1.48 bits per heavy atom. The van der Waals surface area contributed by atoms with E-state index in [1.165, 1.54) is 0 Å². The van der Waals surface area contributed by atoms with Gasteiger partial charge >= 0.3 is 0 Å². The molecule has 1 aliphatic heterocycles. The monoisotopic (exact) mass is 515 g/mol. The fraction of sp³-hybridized carbons (Fsp3) is 0. The SMILES string of the molecule is [C-]#[N+]c1ccc(-c2nc(-c3ccccc3)nc(-c3ccc(N4c5ccccc5Oc5ccccc54)cc3)n2)cc1. The molecule has 0 radical (unpaired) electrons. The van der Waals surface area contributed by atoms with E-state index in [1.54, 1.807) is 12.1 Å². The van der Waals surface area contributed by atoms with Gasteiger partial charge in [0.15, 0.2) is 34.7 Å². The van der Waals surface area contributed by atoms with Crippen LogP contribution >= 0.6 is 0 Å². The fourth-order valence-electron chi connectivity index (χ4n) is 4.78. The van der Waals surface area contributed by atoms with Gasteiger partial charge in [0.25, 0.3) is 0 Å². The molecule has 0 spiro atoms. The number of nitrogens with zero attached hydrogens (tertiary/aromatic N) is 5. The van der Waals surface area contributed by atoms with Gasteiger partial charge in [-0.15, -0.1) is 0 Å². The highest BCUT2D eigenvalue weighted by Crippen LogP contribution is 2.50. The van der Waals surface area contributed by atoms with Crippen molar-refractivity contribution in [3.63, 3.8) is 0 Å². The van der Waals surface area contributed by atoms with E-state index >= 15 is 0 Å². The second-order valence-electron chi connectivity index (χ2n) is 9.25. The molecular formula is C34H21N5O. The van der Waals surface area contributed by atoms with Gasteiger partial charge in [-0.05, 0) is 48.5 Å². The largest absolute Gasteiger partial charge is 0.453 e. The molecule has 0 unspecified atom stereocenters. The highest BCUT2D eigenvalue weighted by Gasteiger charge is 2.25. The van der Waals surface area contributed by atoms with Crippen molar-refractivity contribution < 1.29 is 4.74 Å². The normalized spacial score (nSPS) is 11.6. The minimum atomic E-state index is 0.556. The molecule has 0 amide bonds. The number of hydrogen-bond acceptors (Lipinski definition) is 5. The van der Waals surface area contributed by atoms with Crippen LogP contribution in [0, 0.1) is 6.57 Å². The highest BCUT2D eigenvalue weighted by molar-refractivity contribution is 5.86. The van der Waals surface area contributed by atoms with Crippen LogP contribution in [0.15, 0.2) is 127 Å². The molecule has 0 saturated heterocycles. The van der Waals surface area contributed by atoms with Gasteiger partial charge < -0.3 is 9.64 Å². The summed E-state index contributed by atoms with van der Waals surface area (Å²) in [6.07, 6.45) is 0. The molecule has 0 aliphatic carbocycles. The highest BCUT2D eigenvalue weighted by atomic mass is 16.5. The molecule has 6 heteroatoms. The van der Waals surface area contributed by atoms with E-state index in [2.05, 4.69) is 34.0 Å². The number of hydrogen-bond donors (Lipinski definition) is 0. The van der Waals surface area contributed by atoms with Gasteiger partial charge in [-0.25, -0.2) is 19.8 Å². The van der Waals surface area contributed by atoms with Crippen LogP contribution < -0.4 is 9.64 Å². The molecule has 2 heterocycles. The van der Waals surface area contributed by atoms with Crippen LogP contribution in [0.1, 0.15) is 0 Å². The van der Waals surface area contributed by atoms with Crippen LogP contribution in [0.4, 0.5) is 22.7 Å². The van der Waals surface area contributed by atoms with Crippen LogP contribution in [0.3, 0.4) is 0 Å². The topological polar surface area (TPSA) is 55.5 Å². The summed E-state index contributed by atoms with van der Waals surface area (Å²) in [7, 11) is 0. The molecule has 0 N–H and O–H groups in total. The number of fused-ring (bicyclic) bond motifs is 2. The molecule has 0 bridgehead atoms. The first kappa shape index (κ1) is 23.3. The van der Waals surface area contributed by atoms with Gasteiger partial charge in [0.1, 0.15) is 0 Å². The lowest BCUT2D eigenvalue weighted by Crippen LogP contribution is -2.15. The summed E-state index contributed by atoms with van der Waals surface area (Å²) in [5, 5.41) is 0. The second-order valence-corrected chi connectivity index (χ2v) is 9.25. The number of rotatable bonds is 4. The molecule has 0 saturated carbocycles. The second kappa shape index (κ2) is 9.82. The molecule has 0 atom stereocenters. The minimum absolute atomic E-state index is 0.556. The van der Waals surface area contributed by atoms with Crippen LogP contribution in [0.2, 0.25) is 0 Å². The first-order valence-corrected chi connectivity index (χ1v) is 12.8. The average molecular weight is 516 g/mol. The van der Waals surface area contributed by atoms with Crippen molar-refractivity contribution in [1.82, 2.24) is 15.0 Å². The van der Waals surface area contributed by atoms with Gasteiger partial charge in [-0.1, -0.05) is 78.9 Å². The molecule has 1 aromatic heterocycles. The van der Waals surface area contributed by atoms with Crippen molar-refractivity contribution in [3.05, 3.63) is 139 Å². The third kappa shape index (κ3) is 4.22. The first-order chi connectivity index (χ1) is 19.8. The minimum Gasteiger partial charge on any atom is -0.453 e. The molecular weight excluding hydrogens is 494 g/mol. The molecule has 7 rings (SSSR count). The Morgan fingerprint density at radius 2 is 0.950 bits per heavy atom. The molecule has 188 valence electrons. The van der Waals surface area contributed by atoms with Crippen LogP contribution in [0.25, 0.3) is 39.0 Å². The predicted molar refractivity (Wildman–Crippen MR) is 157 cm³/mol. The van der Waals surface area contributed by atoms with E-state index in [0.29, 0.717) is 23.2 Å². The maximum Gasteiger partial charge on any atom is 0.187 e. The zero-order valence-corrected chi connectivity index (χ0v) is 21.3. The van der Waals surface area contributed by atoms with Crippen molar-refractivity contribution in [3.8, 4) is 45.7 Å². The van der Waals surface area contributed by atoms with Crippen molar-refractivity contribution in [1.29, 1.82) is 0 Å². The predicted octanol–water partition coefficient (Wildman–Crippen LogP) is 9.00. The van der Waals surface area contributed by atoms with Gasteiger partial charge in [-0.3, -0.25) is 0 Å². The van der Waals surface area contributed by atoms with Crippen LogP contribution in [-0.4, -0.2) is 15.0 Å². The molecule has 40 heavy (non-hydrogen) atoms. The van der Waals surface area contributed by atoms with Crippen LogP contribution in [-0.2, 0) is 0 Å². The Balaban J connectivity index is 1.32.